The van der Waals surface area contributed by atoms with E-state index in [9.17, 15) is 4.79 Å². The first-order valence-corrected chi connectivity index (χ1v) is 7.40. The van der Waals surface area contributed by atoms with Crippen molar-refractivity contribution in [2.75, 3.05) is 7.11 Å². The zero-order valence-corrected chi connectivity index (χ0v) is 12.9. The van der Waals surface area contributed by atoms with Crippen LogP contribution in [0.2, 0.25) is 0 Å². The van der Waals surface area contributed by atoms with Crippen LogP contribution in [0.1, 0.15) is 31.2 Å². The Morgan fingerprint density at radius 3 is 2.58 bits per heavy atom. The van der Waals surface area contributed by atoms with Crippen LogP contribution in [0, 0.1) is 12.8 Å². The fraction of sp³-hybridized carbons (Fsp3) is 0.533. The van der Waals surface area contributed by atoms with Crippen molar-refractivity contribution < 1.29 is 14.3 Å². The zero-order chi connectivity index (χ0) is 13.8. The first kappa shape index (κ1) is 14.4. The monoisotopic (exact) mass is 326 g/mol. The Morgan fingerprint density at radius 2 is 1.95 bits per heavy atom. The molecule has 0 atom stereocenters. The first-order valence-electron chi connectivity index (χ1n) is 6.61. The van der Waals surface area contributed by atoms with Crippen LogP contribution < -0.4 is 4.74 Å². The molecule has 1 fully saturated rings. The molecule has 3 nitrogen and oxygen atoms in total. The van der Waals surface area contributed by atoms with Crippen LogP contribution in [0.3, 0.4) is 0 Å². The van der Waals surface area contributed by atoms with Crippen LogP contribution in [0.5, 0.6) is 5.75 Å². The van der Waals surface area contributed by atoms with Gasteiger partial charge >= 0.3 is 5.97 Å². The second-order valence-electron chi connectivity index (χ2n) is 4.98. The average molecular weight is 327 g/mol. The molecule has 0 radical (unpaired) electrons. The maximum absolute atomic E-state index is 11.5. The van der Waals surface area contributed by atoms with Gasteiger partial charge in [0.05, 0.1) is 19.1 Å². The van der Waals surface area contributed by atoms with Crippen molar-refractivity contribution >= 4 is 21.9 Å². The third kappa shape index (κ3) is 3.50. The number of hydrogen-bond acceptors (Lipinski definition) is 3. The summed E-state index contributed by atoms with van der Waals surface area (Å²) in [4.78, 5) is 11.5. The van der Waals surface area contributed by atoms with E-state index < -0.39 is 0 Å². The lowest BCUT2D eigenvalue weighted by molar-refractivity contribution is -0.147. The van der Waals surface area contributed by atoms with E-state index in [1.54, 1.807) is 0 Å². The normalized spacial score (nSPS) is 22.9. The highest BCUT2D eigenvalue weighted by Crippen LogP contribution is 2.31. The van der Waals surface area contributed by atoms with Crippen molar-refractivity contribution in [3.05, 3.63) is 28.2 Å². The summed E-state index contributed by atoms with van der Waals surface area (Å²) in [6, 6.07) is 5.98. The zero-order valence-electron chi connectivity index (χ0n) is 11.3. The van der Waals surface area contributed by atoms with Crippen LogP contribution in [-0.4, -0.2) is 19.2 Å². The number of carbonyl (C=O) groups is 1. The number of halogens is 1. The number of methoxy groups -OCH3 is 1. The fourth-order valence-electron chi connectivity index (χ4n) is 2.48. The van der Waals surface area contributed by atoms with Gasteiger partial charge in [0.1, 0.15) is 5.75 Å². The number of rotatable bonds is 3. The third-order valence-electron chi connectivity index (χ3n) is 3.72. The highest BCUT2D eigenvalue weighted by atomic mass is 79.9. The van der Waals surface area contributed by atoms with Crippen LogP contribution in [0.15, 0.2) is 22.7 Å². The molecule has 4 heteroatoms. The second-order valence-corrected chi connectivity index (χ2v) is 5.83. The Balaban J connectivity index is 1.92. The van der Waals surface area contributed by atoms with Crippen LogP contribution in [-0.2, 0) is 9.53 Å². The predicted molar refractivity (Wildman–Crippen MR) is 77.3 cm³/mol. The Morgan fingerprint density at radius 1 is 1.26 bits per heavy atom. The Hall–Kier alpha value is -1.03. The molecule has 0 amide bonds. The topological polar surface area (TPSA) is 35.5 Å². The molecule has 0 heterocycles. The summed E-state index contributed by atoms with van der Waals surface area (Å²) in [7, 11) is 1.45. The predicted octanol–water partition coefficient (Wildman–Crippen LogP) is 3.87. The van der Waals surface area contributed by atoms with Crippen LogP contribution in [0.4, 0.5) is 0 Å². The molecule has 2 rings (SSSR count). The maximum atomic E-state index is 11.5. The number of carbonyl (C=O) groups excluding carboxylic acids is 1. The first-order chi connectivity index (χ1) is 9.11. The molecule has 0 N–H and O–H groups in total. The third-order valence-corrected chi connectivity index (χ3v) is 4.58. The Bertz CT molecular complexity index is 451. The molecule has 0 bridgehead atoms. The van der Waals surface area contributed by atoms with Gasteiger partial charge in [0.15, 0.2) is 0 Å². The highest BCUT2D eigenvalue weighted by molar-refractivity contribution is 9.10. The standard InChI is InChI=1S/C15H19BrO3/c1-10-13(16)4-3-5-14(10)19-12-8-6-11(7-9-12)15(17)18-2/h3-5,11-12H,6-9H2,1-2H3. The Labute approximate surface area is 122 Å². The van der Waals surface area contributed by atoms with E-state index >= 15 is 0 Å². The van der Waals surface area contributed by atoms with E-state index in [0.29, 0.717) is 0 Å². The van der Waals surface area contributed by atoms with Crippen molar-refractivity contribution in [2.24, 2.45) is 5.92 Å². The molecule has 1 aliphatic rings. The number of benzene rings is 1. The molecule has 1 saturated carbocycles. The molecule has 1 aliphatic carbocycles. The van der Waals surface area contributed by atoms with E-state index in [1.165, 1.54) is 7.11 Å². The minimum Gasteiger partial charge on any atom is -0.490 e. The van der Waals surface area contributed by atoms with Gasteiger partial charge in [0, 0.05) is 10.0 Å². The maximum Gasteiger partial charge on any atom is 0.308 e. The SMILES string of the molecule is COC(=O)C1CCC(Oc2cccc(Br)c2C)CC1. The minimum absolute atomic E-state index is 0.0495. The van der Waals surface area contributed by atoms with Crippen LogP contribution >= 0.6 is 15.9 Å². The van der Waals surface area contributed by atoms with E-state index in [4.69, 9.17) is 9.47 Å². The summed E-state index contributed by atoms with van der Waals surface area (Å²) >= 11 is 3.51. The number of esters is 1. The molecule has 0 aromatic heterocycles. The lowest BCUT2D eigenvalue weighted by Crippen LogP contribution is -2.28. The summed E-state index contributed by atoms with van der Waals surface area (Å²) in [6.07, 6.45) is 3.72. The molecule has 104 valence electrons. The van der Waals surface area contributed by atoms with Crippen molar-refractivity contribution in [2.45, 2.75) is 38.7 Å². The van der Waals surface area contributed by atoms with E-state index in [2.05, 4.69) is 15.9 Å². The van der Waals surface area contributed by atoms with Crippen molar-refractivity contribution in [3.63, 3.8) is 0 Å². The van der Waals surface area contributed by atoms with Gasteiger partial charge < -0.3 is 9.47 Å². The van der Waals surface area contributed by atoms with E-state index in [0.717, 1.165) is 41.5 Å². The summed E-state index contributed by atoms with van der Waals surface area (Å²) in [5.74, 6) is 0.890. The van der Waals surface area contributed by atoms with E-state index in [1.807, 2.05) is 25.1 Å². The van der Waals surface area contributed by atoms with Crippen molar-refractivity contribution in [1.82, 2.24) is 0 Å². The summed E-state index contributed by atoms with van der Waals surface area (Å²) in [5, 5.41) is 0. The van der Waals surface area contributed by atoms with Crippen molar-refractivity contribution in [3.8, 4) is 5.75 Å². The average Bonchev–Trinajstić information content (AvgIpc) is 2.44. The summed E-state index contributed by atoms with van der Waals surface area (Å²) < 4.78 is 11.9. The van der Waals surface area contributed by atoms with Gasteiger partial charge in [-0.1, -0.05) is 22.0 Å². The summed E-state index contributed by atoms with van der Waals surface area (Å²) in [6.45, 7) is 2.04. The molecular weight excluding hydrogens is 308 g/mol. The van der Waals surface area contributed by atoms with Gasteiger partial charge in [0.25, 0.3) is 0 Å². The molecule has 1 aromatic rings. The lowest BCUT2D eigenvalue weighted by Gasteiger charge is -2.28. The van der Waals surface area contributed by atoms with Crippen LogP contribution in [0.25, 0.3) is 0 Å². The van der Waals surface area contributed by atoms with Gasteiger partial charge in [-0.15, -0.1) is 0 Å². The van der Waals surface area contributed by atoms with Gasteiger partial charge in [-0.2, -0.15) is 0 Å². The van der Waals surface area contributed by atoms with E-state index in [-0.39, 0.29) is 18.0 Å². The minimum atomic E-state index is -0.0860. The lowest BCUT2D eigenvalue weighted by atomic mass is 9.87. The Kier molecular flexibility index (Phi) is 4.86. The highest BCUT2D eigenvalue weighted by Gasteiger charge is 2.28. The second kappa shape index (κ2) is 6.42. The van der Waals surface area contributed by atoms with Gasteiger partial charge in [-0.05, 0) is 44.7 Å². The molecule has 0 saturated heterocycles. The largest absolute Gasteiger partial charge is 0.490 e. The number of ether oxygens (including phenoxy) is 2. The van der Waals surface area contributed by atoms with Gasteiger partial charge in [-0.25, -0.2) is 0 Å². The molecule has 0 aliphatic heterocycles. The number of hydrogen-bond donors (Lipinski definition) is 0. The molecule has 0 unspecified atom stereocenters. The molecule has 1 aromatic carbocycles. The molecule has 0 spiro atoms. The van der Waals surface area contributed by atoms with Crippen molar-refractivity contribution in [1.29, 1.82) is 0 Å². The van der Waals surface area contributed by atoms with Gasteiger partial charge in [0.2, 0.25) is 0 Å². The molecule has 19 heavy (non-hydrogen) atoms. The summed E-state index contributed by atoms with van der Waals surface area (Å²) in [5.41, 5.74) is 1.12. The molecular formula is C15H19BrO3. The van der Waals surface area contributed by atoms with Gasteiger partial charge in [-0.3, -0.25) is 4.79 Å². The fourth-order valence-corrected chi connectivity index (χ4v) is 2.83. The quantitative estimate of drug-likeness (QED) is 0.791. The smallest absolute Gasteiger partial charge is 0.308 e.